The number of halogens is 1. The number of anilines is 1. The van der Waals surface area contributed by atoms with Crippen LogP contribution >= 0.6 is 15.9 Å². The topological polar surface area (TPSA) is 76.1 Å². The molecule has 0 aliphatic carbocycles. The molecule has 1 amide bonds. The van der Waals surface area contributed by atoms with Gasteiger partial charge in [-0.2, -0.15) is 0 Å². The highest BCUT2D eigenvalue weighted by molar-refractivity contribution is 9.10. The number of benzene rings is 1. The van der Waals surface area contributed by atoms with Crippen LogP contribution in [0.3, 0.4) is 0 Å². The standard InChI is InChI=1S/C15H18BrNO5/c1-15(2,3)22-14(20)17-10(13(18)19)7-8-9(16)5-6-11(21-4)12(8)17/h5-6,10H,7H2,1-4H3,(H,18,19). The molecule has 120 valence electrons. The van der Waals surface area contributed by atoms with Gasteiger partial charge in [-0.3, -0.25) is 4.90 Å². The summed E-state index contributed by atoms with van der Waals surface area (Å²) in [4.78, 5) is 25.2. The van der Waals surface area contributed by atoms with Crippen LogP contribution in [0.25, 0.3) is 0 Å². The number of rotatable bonds is 2. The maximum atomic E-state index is 12.5. The number of methoxy groups -OCH3 is 1. The molecule has 6 nitrogen and oxygen atoms in total. The third kappa shape index (κ3) is 3.04. The van der Waals surface area contributed by atoms with Gasteiger partial charge in [-0.25, -0.2) is 9.59 Å². The highest BCUT2D eigenvalue weighted by atomic mass is 79.9. The first-order chi connectivity index (χ1) is 10.2. The first kappa shape index (κ1) is 16.6. The largest absolute Gasteiger partial charge is 0.495 e. The van der Waals surface area contributed by atoms with E-state index in [9.17, 15) is 14.7 Å². The van der Waals surface area contributed by atoms with E-state index >= 15 is 0 Å². The van der Waals surface area contributed by atoms with Crippen molar-refractivity contribution < 1.29 is 24.2 Å². The van der Waals surface area contributed by atoms with Crippen LogP contribution in [-0.2, 0) is 16.0 Å². The number of ether oxygens (including phenoxy) is 2. The lowest BCUT2D eigenvalue weighted by Gasteiger charge is -2.28. The van der Waals surface area contributed by atoms with Crippen LogP contribution in [-0.4, -0.2) is 35.9 Å². The lowest BCUT2D eigenvalue weighted by atomic mass is 10.1. The Labute approximate surface area is 137 Å². The normalized spacial score (nSPS) is 17.1. The molecule has 1 aliphatic heterocycles. The van der Waals surface area contributed by atoms with Crippen molar-refractivity contribution in [1.82, 2.24) is 0 Å². The van der Waals surface area contributed by atoms with Gasteiger partial charge in [0.25, 0.3) is 0 Å². The van der Waals surface area contributed by atoms with E-state index in [1.807, 2.05) is 0 Å². The molecule has 0 saturated heterocycles. The van der Waals surface area contributed by atoms with Gasteiger partial charge >= 0.3 is 12.1 Å². The zero-order chi connectivity index (χ0) is 16.7. The minimum Gasteiger partial charge on any atom is -0.495 e. The average molecular weight is 372 g/mol. The highest BCUT2D eigenvalue weighted by Crippen LogP contribution is 2.44. The van der Waals surface area contributed by atoms with Crippen molar-refractivity contribution in [2.75, 3.05) is 12.0 Å². The Balaban J connectivity index is 2.53. The summed E-state index contributed by atoms with van der Waals surface area (Å²) in [5.41, 5.74) is 0.443. The lowest BCUT2D eigenvalue weighted by Crippen LogP contribution is -2.45. The van der Waals surface area contributed by atoms with Crippen LogP contribution in [0.4, 0.5) is 10.5 Å². The molecule has 0 radical (unpaired) electrons. The number of hydrogen-bond acceptors (Lipinski definition) is 4. The molecule has 0 spiro atoms. The maximum absolute atomic E-state index is 12.5. The van der Waals surface area contributed by atoms with Gasteiger partial charge in [0, 0.05) is 10.9 Å². The zero-order valence-corrected chi connectivity index (χ0v) is 14.4. The van der Waals surface area contributed by atoms with E-state index in [2.05, 4.69) is 15.9 Å². The fraction of sp³-hybridized carbons (Fsp3) is 0.467. The fourth-order valence-electron chi connectivity index (χ4n) is 2.38. The first-order valence-electron chi connectivity index (χ1n) is 6.76. The van der Waals surface area contributed by atoms with Crippen LogP contribution in [0.1, 0.15) is 26.3 Å². The summed E-state index contributed by atoms with van der Waals surface area (Å²) in [6, 6.07) is 2.44. The quantitative estimate of drug-likeness (QED) is 0.863. The molecule has 1 unspecified atom stereocenters. The van der Waals surface area contributed by atoms with Gasteiger partial charge in [0.15, 0.2) is 0 Å². The SMILES string of the molecule is COc1ccc(Br)c2c1N(C(=O)OC(C)(C)C)C(C(=O)O)C2. The molecule has 0 fully saturated rings. The van der Waals surface area contributed by atoms with Crippen molar-refractivity contribution in [3.63, 3.8) is 0 Å². The number of carboxylic acids is 1. The minimum atomic E-state index is -1.09. The number of nitrogens with zero attached hydrogens (tertiary/aromatic N) is 1. The van der Waals surface area contributed by atoms with E-state index in [0.29, 0.717) is 11.4 Å². The van der Waals surface area contributed by atoms with E-state index in [1.165, 1.54) is 7.11 Å². The van der Waals surface area contributed by atoms with Crippen molar-refractivity contribution >= 4 is 33.7 Å². The summed E-state index contributed by atoms with van der Waals surface area (Å²) in [5.74, 6) is -0.649. The Kier molecular flexibility index (Phi) is 4.37. The molecule has 0 saturated carbocycles. The summed E-state index contributed by atoms with van der Waals surface area (Å²) in [6.45, 7) is 5.20. The molecule has 0 aromatic heterocycles. The Morgan fingerprint density at radius 2 is 2.00 bits per heavy atom. The highest BCUT2D eigenvalue weighted by Gasteiger charge is 2.43. The molecule has 0 bridgehead atoms. The molecule has 1 aliphatic rings. The lowest BCUT2D eigenvalue weighted by molar-refractivity contribution is -0.138. The molecule has 1 heterocycles. The fourth-order valence-corrected chi connectivity index (χ4v) is 2.86. The van der Waals surface area contributed by atoms with Crippen molar-refractivity contribution in [2.45, 2.75) is 38.8 Å². The molecular weight excluding hydrogens is 354 g/mol. The van der Waals surface area contributed by atoms with E-state index in [4.69, 9.17) is 9.47 Å². The average Bonchev–Trinajstić information content (AvgIpc) is 2.78. The van der Waals surface area contributed by atoms with Gasteiger partial charge < -0.3 is 14.6 Å². The monoisotopic (exact) mass is 371 g/mol. The number of carbonyl (C=O) groups excluding carboxylic acids is 1. The second kappa shape index (κ2) is 5.79. The summed E-state index contributed by atoms with van der Waals surface area (Å²) < 4.78 is 11.4. The van der Waals surface area contributed by atoms with Crippen molar-refractivity contribution in [1.29, 1.82) is 0 Å². The number of carboxylic acid groups (broad SMARTS) is 1. The third-order valence-corrected chi connectivity index (χ3v) is 3.98. The predicted molar refractivity (Wildman–Crippen MR) is 84.5 cm³/mol. The summed E-state index contributed by atoms with van der Waals surface area (Å²) in [5, 5.41) is 9.45. The van der Waals surface area contributed by atoms with Gasteiger partial charge in [0.05, 0.1) is 12.8 Å². The Morgan fingerprint density at radius 3 is 2.50 bits per heavy atom. The molecule has 1 atom stereocenters. The van der Waals surface area contributed by atoms with Gasteiger partial charge in [-0.05, 0) is 38.5 Å². The summed E-state index contributed by atoms with van der Waals surface area (Å²) >= 11 is 3.40. The Bertz CT molecular complexity index is 623. The van der Waals surface area contributed by atoms with Crippen LogP contribution in [0.5, 0.6) is 5.75 Å². The zero-order valence-electron chi connectivity index (χ0n) is 12.8. The summed E-state index contributed by atoms with van der Waals surface area (Å²) in [6.07, 6.45) is -0.503. The van der Waals surface area contributed by atoms with Gasteiger partial charge in [0.2, 0.25) is 0 Å². The van der Waals surface area contributed by atoms with Crippen LogP contribution in [0.15, 0.2) is 16.6 Å². The molecule has 1 N–H and O–H groups in total. The Morgan fingerprint density at radius 1 is 1.36 bits per heavy atom. The van der Waals surface area contributed by atoms with Crippen LogP contribution in [0, 0.1) is 0 Å². The second-order valence-corrected chi connectivity index (χ2v) is 6.84. The number of fused-ring (bicyclic) bond motifs is 1. The van der Waals surface area contributed by atoms with Gasteiger partial charge in [-0.1, -0.05) is 15.9 Å². The van der Waals surface area contributed by atoms with Gasteiger partial charge in [0.1, 0.15) is 17.4 Å². The minimum absolute atomic E-state index is 0.196. The van der Waals surface area contributed by atoms with E-state index in [0.717, 1.165) is 14.9 Å². The molecule has 1 aromatic rings. The van der Waals surface area contributed by atoms with Crippen molar-refractivity contribution in [3.05, 3.63) is 22.2 Å². The smallest absolute Gasteiger partial charge is 0.415 e. The number of amides is 1. The Hall–Kier alpha value is -1.76. The van der Waals surface area contributed by atoms with Crippen LogP contribution in [0.2, 0.25) is 0 Å². The molecular formula is C15H18BrNO5. The summed E-state index contributed by atoms with van der Waals surface area (Å²) in [7, 11) is 1.48. The van der Waals surface area contributed by atoms with E-state index < -0.39 is 23.7 Å². The van der Waals surface area contributed by atoms with E-state index in [-0.39, 0.29) is 6.42 Å². The molecule has 7 heteroatoms. The van der Waals surface area contributed by atoms with Gasteiger partial charge in [-0.15, -0.1) is 0 Å². The molecule has 1 aromatic carbocycles. The molecule has 22 heavy (non-hydrogen) atoms. The number of aliphatic carboxylic acids is 1. The number of carbonyl (C=O) groups is 2. The van der Waals surface area contributed by atoms with Crippen molar-refractivity contribution in [2.24, 2.45) is 0 Å². The third-order valence-electron chi connectivity index (χ3n) is 3.23. The first-order valence-corrected chi connectivity index (χ1v) is 7.55. The molecule has 2 rings (SSSR count). The van der Waals surface area contributed by atoms with Crippen LogP contribution < -0.4 is 9.64 Å². The van der Waals surface area contributed by atoms with Crippen molar-refractivity contribution in [3.8, 4) is 5.75 Å². The van der Waals surface area contributed by atoms with E-state index in [1.54, 1.807) is 32.9 Å². The predicted octanol–water partition coefficient (Wildman–Crippen LogP) is 3.21. The second-order valence-electron chi connectivity index (χ2n) is 5.99. The maximum Gasteiger partial charge on any atom is 0.415 e. The number of hydrogen-bond donors (Lipinski definition) is 1.